The molecular weight excluding hydrogens is 250 g/mol. The van der Waals surface area contributed by atoms with Gasteiger partial charge in [0.05, 0.1) is 7.11 Å². The third-order valence-corrected chi connectivity index (χ3v) is 2.66. The van der Waals surface area contributed by atoms with E-state index in [2.05, 4.69) is 49.9 Å². The van der Waals surface area contributed by atoms with E-state index in [1.54, 1.807) is 7.11 Å². The van der Waals surface area contributed by atoms with Gasteiger partial charge in [-0.3, -0.25) is 0 Å². The molecule has 0 radical (unpaired) electrons. The molecule has 0 aliphatic carbocycles. The van der Waals surface area contributed by atoms with Gasteiger partial charge >= 0.3 is 0 Å². The van der Waals surface area contributed by atoms with E-state index in [4.69, 9.17) is 16.3 Å². The molecule has 0 aliphatic heterocycles. The molecule has 1 heterocycles. The molecule has 1 aromatic rings. The van der Waals surface area contributed by atoms with Gasteiger partial charge in [0.15, 0.2) is 16.7 Å². The van der Waals surface area contributed by atoms with E-state index in [9.17, 15) is 0 Å². The third-order valence-electron chi connectivity index (χ3n) is 2.39. The van der Waals surface area contributed by atoms with Crippen LogP contribution in [0.5, 0.6) is 5.75 Å². The molecule has 1 N–H and O–H groups in total. The van der Waals surface area contributed by atoms with E-state index in [-0.39, 0.29) is 11.0 Å². The molecule has 0 bridgehead atoms. The molecule has 0 atom stereocenters. The zero-order valence-electron chi connectivity index (χ0n) is 12.0. The van der Waals surface area contributed by atoms with Crippen LogP contribution in [0.4, 0.5) is 5.82 Å². The van der Waals surface area contributed by atoms with Crippen molar-refractivity contribution in [3.8, 4) is 5.75 Å². The van der Waals surface area contributed by atoms with Gasteiger partial charge in [-0.15, -0.1) is 0 Å². The van der Waals surface area contributed by atoms with E-state index in [0.717, 1.165) is 6.42 Å². The highest BCUT2D eigenvalue weighted by Crippen LogP contribution is 2.34. The van der Waals surface area contributed by atoms with Gasteiger partial charge in [0.1, 0.15) is 6.33 Å². The van der Waals surface area contributed by atoms with Gasteiger partial charge in [-0.1, -0.05) is 32.4 Å². The number of rotatable bonds is 4. The third kappa shape index (κ3) is 4.33. The van der Waals surface area contributed by atoms with Crippen LogP contribution in [-0.4, -0.2) is 22.6 Å². The molecule has 5 heteroatoms. The van der Waals surface area contributed by atoms with Crippen LogP contribution in [-0.2, 0) is 0 Å². The largest absolute Gasteiger partial charge is 0.490 e. The van der Waals surface area contributed by atoms with Crippen molar-refractivity contribution in [2.45, 2.75) is 46.6 Å². The molecule has 0 fully saturated rings. The first-order valence-electron chi connectivity index (χ1n) is 5.97. The number of ether oxygens (including phenoxy) is 1. The van der Waals surface area contributed by atoms with Crippen molar-refractivity contribution in [3.63, 3.8) is 0 Å². The summed E-state index contributed by atoms with van der Waals surface area (Å²) in [6, 6.07) is 0. The summed E-state index contributed by atoms with van der Waals surface area (Å²) >= 11 is 5.98. The van der Waals surface area contributed by atoms with Gasteiger partial charge in [-0.05, 0) is 25.7 Å². The second-order valence-electron chi connectivity index (χ2n) is 6.29. The molecule has 1 rings (SSSR count). The van der Waals surface area contributed by atoms with Gasteiger partial charge in [0.25, 0.3) is 0 Å². The zero-order valence-corrected chi connectivity index (χ0v) is 12.7. The number of nitrogens with one attached hydrogen (secondary N) is 1. The van der Waals surface area contributed by atoms with Crippen LogP contribution in [0.2, 0.25) is 5.15 Å². The highest BCUT2D eigenvalue weighted by Gasteiger charge is 2.27. The van der Waals surface area contributed by atoms with Crippen LogP contribution in [0.1, 0.15) is 41.0 Å². The van der Waals surface area contributed by atoms with Crippen LogP contribution in [0.15, 0.2) is 6.33 Å². The molecule has 0 spiro atoms. The lowest BCUT2D eigenvalue weighted by molar-refractivity contribution is 0.301. The average Bonchev–Trinajstić information content (AvgIpc) is 2.13. The van der Waals surface area contributed by atoms with Crippen LogP contribution in [0, 0.1) is 5.41 Å². The van der Waals surface area contributed by atoms with E-state index < -0.39 is 0 Å². The molecule has 4 nitrogen and oxygen atoms in total. The molecule has 0 amide bonds. The summed E-state index contributed by atoms with van der Waals surface area (Å²) in [6.07, 6.45) is 2.42. The Labute approximate surface area is 114 Å². The van der Waals surface area contributed by atoms with Crippen molar-refractivity contribution in [1.82, 2.24) is 9.97 Å². The predicted molar refractivity (Wildman–Crippen MR) is 75.4 cm³/mol. The van der Waals surface area contributed by atoms with E-state index in [1.165, 1.54) is 6.33 Å². The maximum Gasteiger partial charge on any atom is 0.198 e. The van der Waals surface area contributed by atoms with Crippen molar-refractivity contribution in [2.24, 2.45) is 5.41 Å². The Morgan fingerprint density at radius 3 is 2.33 bits per heavy atom. The summed E-state index contributed by atoms with van der Waals surface area (Å²) in [5, 5.41) is 3.70. The molecule has 0 aliphatic rings. The second kappa shape index (κ2) is 5.31. The maximum absolute atomic E-state index is 5.98. The van der Waals surface area contributed by atoms with Crippen molar-refractivity contribution < 1.29 is 4.74 Å². The fourth-order valence-corrected chi connectivity index (χ4v) is 2.52. The SMILES string of the molecule is COc1c(Cl)ncnc1NC(C)(C)CC(C)(C)C. The Balaban J connectivity index is 2.93. The van der Waals surface area contributed by atoms with Crippen molar-refractivity contribution >= 4 is 17.4 Å². The van der Waals surface area contributed by atoms with Crippen LogP contribution in [0.25, 0.3) is 0 Å². The van der Waals surface area contributed by atoms with Gasteiger partial charge in [0.2, 0.25) is 0 Å². The molecule has 102 valence electrons. The summed E-state index contributed by atoms with van der Waals surface area (Å²) in [5.41, 5.74) is 0.115. The minimum atomic E-state index is -0.108. The van der Waals surface area contributed by atoms with E-state index >= 15 is 0 Å². The number of halogens is 1. The molecule has 0 unspecified atom stereocenters. The van der Waals surface area contributed by atoms with Crippen molar-refractivity contribution in [3.05, 3.63) is 11.5 Å². The normalized spacial score (nSPS) is 12.4. The van der Waals surface area contributed by atoms with E-state index in [0.29, 0.717) is 16.7 Å². The number of hydrogen-bond acceptors (Lipinski definition) is 4. The lowest BCUT2D eigenvalue weighted by Crippen LogP contribution is -2.35. The van der Waals surface area contributed by atoms with Crippen LogP contribution < -0.4 is 10.1 Å². The Bertz CT molecular complexity index is 413. The van der Waals surface area contributed by atoms with Crippen molar-refractivity contribution in [2.75, 3.05) is 12.4 Å². The first-order chi connectivity index (χ1) is 8.14. The number of methoxy groups -OCH3 is 1. The first-order valence-corrected chi connectivity index (χ1v) is 6.35. The molecule has 0 saturated carbocycles. The molecule has 0 saturated heterocycles. The fourth-order valence-electron chi connectivity index (χ4n) is 2.31. The second-order valence-corrected chi connectivity index (χ2v) is 6.65. The van der Waals surface area contributed by atoms with Gasteiger partial charge in [-0.25, -0.2) is 9.97 Å². The molecular formula is C13H22ClN3O. The highest BCUT2D eigenvalue weighted by atomic mass is 35.5. The van der Waals surface area contributed by atoms with Gasteiger partial charge in [0, 0.05) is 5.54 Å². The van der Waals surface area contributed by atoms with Gasteiger partial charge in [-0.2, -0.15) is 0 Å². The topological polar surface area (TPSA) is 47.0 Å². The average molecular weight is 272 g/mol. The number of nitrogens with zero attached hydrogens (tertiary/aromatic N) is 2. The Kier molecular flexibility index (Phi) is 4.43. The highest BCUT2D eigenvalue weighted by molar-refractivity contribution is 6.31. The Hall–Kier alpha value is -1.03. The lowest BCUT2D eigenvalue weighted by atomic mass is 9.82. The lowest BCUT2D eigenvalue weighted by Gasteiger charge is -2.34. The fraction of sp³-hybridized carbons (Fsp3) is 0.692. The summed E-state index contributed by atoms with van der Waals surface area (Å²) in [6.45, 7) is 10.9. The smallest absolute Gasteiger partial charge is 0.198 e. The first kappa shape index (κ1) is 15.0. The van der Waals surface area contributed by atoms with Gasteiger partial charge < -0.3 is 10.1 Å². The Morgan fingerprint density at radius 1 is 1.22 bits per heavy atom. The minimum Gasteiger partial charge on any atom is -0.490 e. The monoisotopic (exact) mass is 271 g/mol. The molecule has 1 aromatic heterocycles. The summed E-state index contributed by atoms with van der Waals surface area (Å²) in [5.74, 6) is 1.12. The quantitative estimate of drug-likeness (QED) is 0.847. The molecule has 18 heavy (non-hydrogen) atoms. The summed E-state index contributed by atoms with van der Waals surface area (Å²) in [7, 11) is 1.56. The summed E-state index contributed by atoms with van der Waals surface area (Å²) in [4.78, 5) is 8.10. The molecule has 0 aromatic carbocycles. The number of aromatic nitrogens is 2. The minimum absolute atomic E-state index is 0.108. The number of anilines is 1. The Morgan fingerprint density at radius 2 is 1.83 bits per heavy atom. The van der Waals surface area contributed by atoms with Crippen molar-refractivity contribution in [1.29, 1.82) is 0 Å². The summed E-state index contributed by atoms with van der Waals surface area (Å²) < 4.78 is 5.23. The maximum atomic E-state index is 5.98. The standard InChI is InChI=1S/C13H22ClN3O/c1-12(2,3)7-13(4,5)17-11-9(18-6)10(14)15-8-16-11/h8H,7H2,1-6H3,(H,15,16,17). The van der Waals surface area contributed by atoms with Crippen LogP contribution >= 0.6 is 11.6 Å². The van der Waals surface area contributed by atoms with Crippen LogP contribution in [0.3, 0.4) is 0 Å². The number of hydrogen-bond donors (Lipinski definition) is 1. The van der Waals surface area contributed by atoms with E-state index in [1.807, 2.05) is 0 Å². The zero-order chi connectivity index (χ0) is 14.0. The predicted octanol–water partition coefficient (Wildman–Crippen LogP) is 3.77.